The van der Waals surface area contributed by atoms with E-state index in [1.165, 1.54) is 0 Å². The molecule has 1 heterocycles. The Labute approximate surface area is 205 Å². The quantitative estimate of drug-likeness (QED) is 0.452. The number of alkyl carbamates (subject to hydrolysis) is 1. The number of epoxide rings is 1. The van der Waals surface area contributed by atoms with Gasteiger partial charge < -0.3 is 20.1 Å². The molecule has 35 heavy (non-hydrogen) atoms. The number of amides is 2. The molecule has 2 amide bonds. The highest BCUT2D eigenvalue weighted by atomic mass is 16.6. The summed E-state index contributed by atoms with van der Waals surface area (Å²) in [5.41, 5.74) is 0.867. The number of ether oxygens (including phenoxy) is 2. The minimum Gasteiger partial charge on any atom is -0.445 e. The molecular formula is C27H32N2O6. The van der Waals surface area contributed by atoms with Crippen LogP contribution >= 0.6 is 0 Å². The lowest BCUT2D eigenvalue weighted by Gasteiger charge is -2.22. The van der Waals surface area contributed by atoms with E-state index in [2.05, 4.69) is 10.6 Å². The zero-order valence-electron chi connectivity index (χ0n) is 20.3. The van der Waals surface area contributed by atoms with Gasteiger partial charge in [-0.05, 0) is 38.3 Å². The highest BCUT2D eigenvalue weighted by molar-refractivity contribution is 5.97. The Kier molecular flexibility index (Phi) is 8.76. The van der Waals surface area contributed by atoms with E-state index in [1.807, 2.05) is 60.7 Å². The van der Waals surface area contributed by atoms with Gasteiger partial charge in [0.25, 0.3) is 0 Å². The topological polar surface area (TPSA) is 114 Å². The minimum atomic E-state index is -0.851. The molecule has 1 aliphatic heterocycles. The summed E-state index contributed by atoms with van der Waals surface area (Å²) in [7, 11) is 0. The van der Waals surface area contributed by atoms with Crippen molar-refractivity contribution in [1.82, 2.24) is 10.6 Å². The largest absolute Gasteiger partial charge is 0.445 e. The van der Waals surface area contributed by atoms with E-state index in [1.54, 1.807) is 20.8 Å². The lowest BCUT2D eigenvalue weighted by Crippen LogP contribution is -2.47. The average molecular weight is 481 g/mol. The van der Waals surface area contributed by atoms with Crippen molar-refractivity contribution in [1.29, 1.82) is 0 Å². The van der Waals surface area contributed by atoms with Crippen LogP contribution in [0.5, 0.6) is 0 Å². The molecule has 0 radical (unpaired) electrons. The van der Waals surface area contributed by atoms with Crippen molar-refractivity contribution in [2.24, 2.45) is 5.92 Å². The normalized spacial score (nSPS) is 19.1. The van der Waals surface area contributed by atoms with Gasteiger partial charge in [0, 0.05) is 12.3 Å². The number of Topliss-reactive ketones (excluding diaryl/α,β-unsaturated/α-hetero) is 2. The number of rotatable bonds is 12. The summed E-state index contributed by atoms with van der Waals surface area (Å²) in [5.74, 6) is -1.62. The van der Waals surface area contributed by atoms with Crippen molar-refractivity contribution in [2.75, 3.05) is 6.61 Å². The first-order valence-corrected chi connectivity index (χ1v) is 11.7. The molecule has 2 aromatic rings. The maximum atomic E-state index is 13.1. The van der Waals surface area contributed by atoms with Crippen LogP contribution in [0.2, 0.25) is 0 Å². The first-order chi connectivity index (χ1) is 16.7. The molecule has 1 fully saturated rings. The molecule has 4 atom stereocenters. The second kappa shape index (κ2) is 11.8. The van der Waals surface area contributed by atoms with Crippen LogP contribution < -0.4 is 10.6 Å². The van der Waals surface area contributed by atoms with Gasteiger partial charge in [0.15, 0.2) is 11.6 Å². The van der Waals surface area contributed by atoms with E-state index in [0.29, 0.717) is 13.0 Å². The number of hydrogen-bond acceptors (Lipinski definition) is 6. The molecular weight excluding hydrogens is 448 g/mol. The lowest BCUT2D eigenvalue weighted by molar-refractivity contribution is -0.133. The molecule has 0 bridgehead atoms. The van der Waals surface area contributed by atoms with Crippen molar-refractivity contribution in [3.8, 4) is 0 Å². The molecule has 0 aromatic heterocycles. The third-order valence-corrected chi connectivity index (χ3v) is 6.02. The van der Waals surface area contributed by atoms with Gasteiger partial charge in [-0.25, -0.2) is 4.79 Å². The Bertz CT molecular complexity index is 1040. The predicted molar refractivity (Wildman–Crippen MR) is 129 cm³/mol. The van der Waals surface area contributed by atoms with Crippen LogP contribution in [-0.4, -0.2) is 47.9 Å². The number of carbonyl (C=O) groups is 4. The van der Waals surface area contributed by atoms with Crippen LogP contribution in [0.25, 0.3) is 0 Å². The third kappa shape index (κ3) is 7.75. The fraction of sp³-hybridized carbons (Fsp3) is 0.407. The van der Waals surface area contributed by atoms with E-state index in [4.69, 9.17) is 9.47 Å². The second-order valence-electron chi connectivity index (χ2n) is 9.10. The SMILES string of the molecule is CC(NC(=O)OCc1ccccc1)C(=O)C[C@@H](Cc1ccccc1)C(=O)N[C@@H](C)C(=O)C1(C)CO1. The number of carbonyl (C=O) groups excluding carboxylic acids is 4. The highest BCUT2D eigenvalue weighted by Gasteiger charge is 2.49. The highest BCUT2D eigenvalue weighted by Crippen LogP contribution is 2.28. The minimum absolute atomic E-state index is 0.0845. The summed E-state index contributed by atoms with van der Waals surface area (Å²) in [4.78, 5) is 50.6. The molecule has 0 aliphatic carbocycles. The summed E-state index contributed by atoms with van der Waals surface area (Å²) in [6.45, 7) is 5.28. The molecule has 0 spiro atoms. The maximum absolute atomic E-state index is 13.1. The van der Waals surface area contributed by atoms with Gasteiger partial charge in [-0.3, -0.25) is 14.4 Å². The van der Waals surface area contributed by atoms with E-state index in [-0.39, 0.29) is 24.6 Å². The van der Waals surface area contributed by atoms with E-state index in [0.717, 1.165) is 11.1 Å². The van der Waals surface area contributed by atoms with Crippen LogP contribution in [-0.2, 0) is 36.9 Å². The summed E-state index contributed by atoms with van der Waals surface area (Å²) < 4.78 is 10.4. The van der Waals surface area contributed by atoms with E-state index < -0.39 is 35.6 Å². The molecule has 1 aliphatic rings. The van der Waals surface area contributed by atoms with Gasteiger partial charge >= 0.3 is 6.09 Å². The smallest absolute Gasteiger partial charge is 0.408 e. The predicted octanol–water partition coefficient (Wildman–Crippen LogP) is 2.98. The number of nitrogens with one attached hydrogen (secondary N) is 2. The van der Waals surface area contributed by atoms with Gasteiger partial charge in [-0.1, -0.05) is 60.7 Å². The molecule has 2 N–H and O–H groups in total. The van der Waals surface area contributed by atoms with Gasteiger partial charge in [-0.15, -0.1) is 0 Å². The fourth-order valence-corrected chi connectivity index (χ4v) is 3.70. The number of benzene rings is 2. The Morgan fingerprint density at radius 3 is 2.06 bits per heavy atom. The van der Waals surface area contributed by atoms with Gasteiger partial charge in [0.05, 0.1) is 18.7 Å². The van der Waals surface area contributed by atoms with Crippen molar-refractivity contribution in [3.63, 3.8) is 0 Å². The zero-order valence-corrected chi connectivity index (χ0v) is 20.3. The Hall–Kier alpha value is -3.52. The van der Waals surface area contributed by atoms with Crippen LogP contribution in [0, 0.1) is 5.92 Å². The fourth-order valence-electron chi connectivity index (χ4n) is 3.70. The lowest BCUT2D eigenvalue weighted by atomic mass is 9.91. The van der Waals surface area contributed by atoms with Crippen LogP contribution in [0.1, 0.15) is 38.3 Å². The van der Waals surface area contributed by atoms with Crippen LogP contribution in [0.4, 0.5) is 4.79 Å². The average Bonchev–Trinajstić information content (AvgIpc) is 3.61. The van der Waals surface area contributed by atoms with Gasteiger partial charge in [0.2, 0.25) is 5.91 Å². The first kappa shape index (κ1) is 26.1. The van der Waals surface area contributed by atoms with Crippen molar-refractivity contribution in [3.05, 3.63) is 71.8 Å². The summed E-state index contributed by atoms with van der Waals surface area (Å²) in [5, 5.41) is 5.27. The molecule has 8 heteroatoms. The number of ketones is 2. The van der Waals surface area contributed by atoms with Crippen molar-refractivity contribution >= 4 is 23.6 Å². The van der Waals surface area contributed by atoms with Crippen molar-refractivity contribution in [2.45, 2.75) is 57.9 Å². The second-order valence-corrected chi connectivity index (χ2v) is 9.10. The summed E-state index contributed by atoms with van der Waals surface area (Å²) >= 11 is 0. The summed E-state index contributed by atoms with van der Waals surface area (Å²) in [6, 6.07) is 17.0. The summed E-state index contributed by atoms with van der Waals surface area (Å²) in [6.07, 6.45) is -0.496. The van der Waals surface area contributed by atoms with E-state index >= 15 is 0 Å². The van der Waals surface area contributed by atoms with E-state index in [9.17, 15) is 19.2 Å². The van der Waals surface area contributed by atoms with Crippen LogP contribution in [0.3, 0.4) is 0 Å². The molecule has 3 rings (SSSR count). The van der Waals surface area contributed by atoms with Gasteiger partial charge in [-0.2, -0.15) is 0 Å². The maximum Gasteiger partial charge on any atom is 0.408 e. The van der Waals surface area contributed by atoms with Crippen molar-refractivity contribution < 1.29 is 28.7 Å². The van der Waals surface area contributed by atoms with Gasteiger partial charge in [0.1, 0.15) is 12.2 Å². The first-order valence-electron chi connectivity index (χ1n) is 11.7. The Balaban J connectivity index is 1.58. The zero-order chi connectivity index (χ0) is 25.4. The standard InChI is InChI=1S/C27H32N2O6/c1-18(29-26(33)34-16-21-12-8-5-9-13-21)23(30)15-22(14-20-10-6-4-7-11-20)25(32)28-19(2)24(31)27(3)17-35-27/h4-13,18-19,22H,14-17H2,1-3H3,(H,28,32)(H,29,33)/t18?,19-,22+,27?/m0/s1. The third-order valence-electron chi connectivity index (χ3n) is 6.02. The molecule has 0 saturated carbocycles. The molecule has 186 valence electrons. The molecule has 2 aromatic carbocycles. The Morgan fingerprint density at radius 2 is 1.49 bits per heavy atom. The number of hydrogen-bond donors (Lipinski definition) is 2. The monoisotopic (exact) mass is 480 g/mol. The Morgan fingerprint density at radius 1 is 0.914 bits per heavy atom. The molecule has 2 unspecified atom stereocenters. The molecule has 1 saturated heterocycles. The molecule has 8 nitrogen and oxygen atoms in total. The van der Waals surface area contributed by atoms with Crippen LogP contribution in [0.15, 0.2) is 60.7 Å².